The van der Waals surface area contributed by atoms with E-state index < -0.39 is 9.84 Å². The summed E-state index contributed by atoms with van der Waals surface area (Å²) in [5.41, 5.74) is 0. The number of thiophene rings is 1. The van der Waals surface area contributed by atoms with Crippen molar-refractivity contribution in [3.8, 4) is 0 Å². The number of sulfone groups is 1. The molecule has 2 rings (SSSR count). The van der Waals surface area contributed by atoms with Gasteiger partial charge in [-0.2, -0.15) is 0 Å². The van der Waals surface area contributed by atoms with Crippen molar-refractivity contribution in [2.75, 3.05) is 18.6 Å². The summed E-state index contributed by atoms with van der Waals surface area (Å²) >= 11 is 1.74. The molecular weight excluding hydrogens is 242 g/mol. The molecule has 16 heavy (non-hydrogen) atoms. The average Bonchev–Trinajstić information content (AvgIpc) is 2.83. The van der Waals surface area contributed by atoms with Gasteiger partial charge >= 0.3 is 0 Å². The summed E-state index contributed by atoms with van der Waals surface area (Å²) in [5, 5.41) is 5.33. The molecule has 1 saturated heterocycles. The molecule has 1 aliphatic rings. The van der Waals surface area contributed by atoms with Crippen LogP contribution in [0.4, 0.5) is 0 Å². The first-order valence-electron chi connectivity index (χ1n) is 5.51. The van der Waals surface area contributed by atoms with Crippen molar-refractivity contribution >= 4 is 21.2 Å². The third kappa shape index (κ3) is 2.84. The summed E-state index contributed by atoms with van der Waals surface area (Å²) in [6.07, 6.45) is 1.74. The van der Waals surface area contributed by atoms with Crippen molar-refractivity contribution < 1.29 is 8.42 Å². The van der Waals surface area contributed by atoms with E-state index in [-0.39, 0.29) is 12.0 Å². The van der Waals surface area contributed by atoms with E-state index >= 15 is 0 Å². The Labute approximate surface area is 101 Å². The molecule has 0 spiro atoms. The second-order valence-electron chi connectivity index (χ2n) is 4.34. The van der Waals surface area contributed by atoms with Gasteiger partial charge in [0.05, 0.1) is 11.5 Å². The van der Waals surface area contributed by atoms with Crippen LogP contribution in [0.15, 0.2) is 17.5 Å². The minimum Gasteiger partial charge on any atom is -0.316 e. The molecule has 1 fully saturated rings. The van der Waals surface area contributed by atoms with Crippen molar-refractivity contribution in [2.24, 2.45) is 5.92 Å². The van der Waals surface area contributed by atoms with Gasteiger partial charge < -0.3 is 5.32 Å². The van der Waals surface area contributed by atoms with Crippen molar-refractivity contribution in [1.82, 2.24) is 5.32 Å². The van der Waals surface area contributed by atoms with Gasteiger partial charge in [0, 0.05) is 10.9 Å². The van der Waals surface area contributed by atoms with Gasteiger partial charge in [-0.1, -0.05) is 6.07 Å². The van der Waals surface area contributed by atoms with Gasteiger partial charge in [0.1, 0.15) is 0 Å². The lowest BCUT2D eigenvalue weighted by molar-refractivity contribution is 0.405. The van der Waals surface area contributed by atoms with Crippen LogP contribution in [0.1, 0.15) is 11.3 Å². The molecule has 1 aromatic rings. The van der Waals surface area contributed by atoms with Crippen LogP contribution in [0, 0.1) is 5.92 Å². The fourth-order valence-electron chi connectivity index (χ4n) is 2.29. The van der Waals surface area contributed by atoms with Crippen molar-refractivity contribution in [2.45, 2.75) is 18.9 Å². The second-order valence-corrected chi connectivity index (χ2v) is 7.60. The Hall–Kier alpha value is -0.390. The van der Waals surface area contributed by atoms with Crippen LogP contribution in [0.5, 0.6) is 0 Å². The Morgan fingerprint density at radius 1 is 1.62 bits per heavy atom. The quantitative estimate of drug-likeness (QED) is 0.887. The first-order valence-corrected chi connectivity index (χ1v) is 8.21. The summed E-state index contributed by atoms with van der Waals surface area (Å²) in [4.78, 5) is 1.32. The predicted octanol–water partition coefficient (Wildman–Crippen LogP) is 1.31. The molecule has 0 amide bonds. The summed E-state index contributed by atoms with van der Waals surface area (Å²) in [7, 11) is -0.846. The highest BCUT2D eigenvalue weighted by Gasteiger charge is 2.33. The van der Waals surface area contributed by atoms with Crippen LogP contribution in [0.25, 0.3) is 0 Å². The normalized spacial score (nSPS) is 25.7. The van der Waals surface area contributed by atoms with E-state index in [9.17, 15) is 8.42 Å². The van der Waals surface area contributed by atoms with E-state index in [1.165, 1.54) is 4.88 Å². The Morgan fingerprint density at radius 3 is 2.94 bits per heavy atom. The van der Waals surface area contributed by atoms with Gasteiger partial charge in [-0.05, 0) is 37.3 Å². The lowest BCUT2D eigenvalue weighted by Gasteiger charge is -2.21. The highest BCUT2D eigenvalue weighted by molar-refractivity contribution is 7.91. The zero-order chi connectivity index (χ0) is 11.6. The van der Waals surface area contributed by atoms with Crippen molar-refractivity contribution in [3.05, 3.63) is 22.4 Å². The number of hydrogen-bond donors (Lipinski definition) is 1. The Morgan fingerprint density at radius 2 is 2.44 bits per heavy atom. The molecule has 90 valence electrons. The fourth-order valence-corrected chi connectivity index (χ4v) is 4.94. The molecule has 0 saturated carbocycles. The van der Waals surface area contributed by atoms with Gasteiger partial charge in [-0.25, -0.2) is 8.42 Å². The standard InChI is InChI=1S/C11H17NO2S2/c1-12-11(7-10-3-2-5-15-10)9-4-6-16(13,14)8-9/h2-3,5,9,11-12H,4,6-8H2,1H3. The molecule has 2 atom stereocenters. The topological polar surface area (TPSA) is 46.2 Å². The molecule has 0 aliphatic carbocycles. The zero-order valence-electron chi connectivity index (χ0n) is 9.35. The number of nitrogens with one attached hydrogen (secondary N) is 1. The lowest BCUT2D eigenvalue weighted by Crippen LogP contribution is -2.36. The smallest absolute Gasteiger partial charge is 0.150 e. The first-order chi connectivity index (χ1) is 7.61. The van der Waals surface area contributed by atoms with E-state index in [0.29, 0.717) is 11.5 Å². The summed E-state index contributed by atoms with van der Waals surface area (Å²) in [5.74, 6) is 0.988. The van der Waals surface area contributed by atoms with E-state index in [2.05, 4.69) is 16.8 Å². The van der Waals surface area contributed by atoms with Crippen LogP contribution in [0.3, 0.4) is 0 Å². The predicted molar refractivity (Wildman–Crippen MR) is 67.6 cm³/mol. The average molecular weight is 259 g/mol. The molecule has 0 bridgehead atoms. The largest absolute Gasteiger partial charge is 0.316 e. The van der Waals surface area contributed by atoms with Gasteiger partial charge in [0.25, 0.3) is 0 Å². The van der Waals surface area contributed by atoms with E-state index in [1.54, 1.807) is 11.3 Å². The molecule has 0 aromatic carbocycles. The molecule has 1 aromatic heterocycles. The highest BCUT2D eigenvalue weighted by atomic mass is 32.2. The number of hydrogen-bond acceptors (Lipinski definition) is 4. The van der Waals surface area contributed by atoms with Gasteiger partial charge in [0.2, 0.25) is 0 Å². The fraction of sp³-hybridized carbons (Fsp3) is 0.636. The molecule has 0 radical (unpaired) electrons. The third-order valence-electron chi connectivity index (χ3n) is 3.21. The minimum atomic E-state index is -2.77. The molecular formula is C11H17NO2S2. The summed E-state index contributed by atoms with van der Waals surface area (Å²) in [6.45, 7) is 0. The number of rotatable bonds is 4. The van der Waals surface area contributed by atoms with Gasteiger partial charge in [-0.15, -0.1) is 11.3 Å². The van der Waals surface area contributed by atoms with Gasteiger partial charge in [-0.3, -0.25) is 0 Å². The SMILES string of the molecule is CNC(Cc1cccs1)C1CCS(=O)(=O)C1. The Bertz CT molecular complexity index is 425. The molecule has 3 nitrogen and oxygen atoms in total. The molecule has 1 aliphatic heterocycles. The molecule has 2 heterocycles. The maximum absolute atomic E-state index is 11.4. The number of likely N-dealkylation sites (N-methyl/N-ethyl adjacent to an activating group) is 1. The molecule has 1 N–H and O–H groups in total. The lowest BCUT2D eigenvalue weighted by atomic mass is 9.96. The summed E-state index contributed by atoms with van der Waals surface area (Å²) in [6, 6.07) is 4.44. The Balaban J connectivity index is 2.01. The molecule has 2 unspecified atom stereocenters. The van der Waals surface area contributed by atoms with Crippen LogP contribution < -0.4 is 5.32 Å². The van der Waals surface area contributed by atoms with E-state index in [0.717, 1.165) is 12.8 Å². The van der Waals surface area contributed by atoms with Crippen molar-refractivity contribution in [1.29, 1.82) is 0 Å². The van der Waals surface area contributed by atoms with Crippen LogP contribution >= 0.6 is 11.3 Å². The Kier molecular flexibility index (Phi) is 3.66. The van der Waals surface area contributed by atoms with Gasteiger partial charge in [0.15, 0.2) is 9.84 Å². The maximum Gasteiger partial charge on any atom is 0.150 e. The maximum atomic E-state index is 11.4. The zero-order valence-corrected chi connectivity index (χ0v) is 11.0. The van der Waals surface area contributed by atoms with Crippen molar-refractivity contribution in [3.63, 3.8) is 0 Å². The monoisotopic (exact) mass is 259 g/mol. The first kappa shape index (κ1) is 12.1. The van der Waals surface area contributed by atoms with E-state index in [1.807, 2.05) is 13.1 Å². The minimum absolute atomic E-state index is 0.275. The van der Waals surface area contributed by atoms with E-state index in [4.69, 9.17) is 0 Å². The van der Waals surface area contributed by atoms with Crippen LogP contribution in [0.2, 0.25) is 0 Å². The van der Waals surface area contributed by atoms with Crippen LogP contribution in [-0.2, 0) is 16.3 Å². The third-order valence-corrected chi connectivity index (χ3v) is 5.90. The summed E-state index contributed by atoms with van der Waals surface area (Å²) < 4.78 is 22.9. The van der Waals surface area contributed by atoms with Crippen LogP contribution in [-0.4, -0.2) is 33.0 Å². The molecule has 5 heteroatoms. The highest BCUT2D eigenvalue weighted by Crippen LogP contribution is 2.24. The second kappa shape index (κ2) is 4.85.